The maximum Gasteiger partial charge on any atom is 0.0768 e. The van der Waals surface area contributed by atoms with Gasteiger partial charge >= 0.3 is 0 Å². The van der Waals surface area contributed by atoms with Gasteiger partial charge in [-0.3, -0.25) is 0 Å². The molecule has 0 radical (unpaired) electrons. The summed E-state index contributed by atoms with van der Waals surface area (Å²) in [6, 6.07) is 10.8. The van der Waals surface area contributed by atoms with Gasteiger partial charge in [0.2, 0.25) is 0 Å². The third-order valence-electron chi connectivity index (χ3n) is 3.02. The molecule has 2 heteroatoms. The van der Waals surface area contributed by atoms with Crippen LogP contribution in [0.3, 0.4) is 0 Å². The molecule has 1 atom stereocenters. The molecule has 0 spiro atoms. The summed E-state index contributed by atoms with van der Waals surface area (Å²) in [7, 11) is 2.27. The standard InChI is InChI=1S/C14H23N.ClH/c1-3-15(2)13-9-5-8-12-14-10-6-4-7-11-14;/h4,6-7,10-11H,3,5,8-9,12-13H2,1-2H3;1H. The van der Waals surface area contributed by atoms with Crippen molar-refractivity contribution in [2.24, 2.45) is 0 Å². The van der Waals surface area contributed by atoms with Crippen LogP contribution in [0, 0.1) is 0 Å². The van der Waals surface area contributed by atoms with Crippen molar-refractivity contribution in [3.8, 4) is 0 Å². The van der Waals surface area contributed by atoms with Crippen LogP contribution in [0.1, 0.15) is 31.7 Å². The van der Waals surface area contributed by atoms with Crippen molar-refractivity contribution in [2.45, 2.75) is 32.6 Å². The monoisotopic (exact) mass is 241 g/mol. The van der Waals surface area contributed by atoms with E-state index in [2.05, 4.69) is 44.3 Å². The van der Waals surface area contributed by atoms with Crippen molar-refractivity contribution >= 4 is 0 Å². The number of unbranched alkanes of at least 4 members (excludes halogenated alkanes) is 2. The molecular formula is C14H24ClN. The van der Waals surface area contributed by atoms with Crippen LogP contribution in [0.2, 0.25) is 0 Å². The molecule has 0 aliphatic rings. The van der Waals surface area contributed by atoms with Crippen molar-refractivity contribution in [1.82, 2.24) is 0 Å². The second kappa shape index (κ2) is 9.68. The molecule has 0 saturated carbocycles. The van der Waals surface area contributed by atoms with Crippen LogP contribution in [0.5, 0.6) is 0 Å². The third-order valence-corrected chi connectivity index (χ3v) is 3.02. The zero-order valence-corrected chi connectivity index (χ0v) is 11.3. The van der Waals surface area contributed by atoms with Gasteiger partial charge in [0.05, 0.1) is 20.1 Å². The van der Waals surface area contributed by atoms with E-state index in [9.17, 15) is 0 Å². The van der Waals surface area contributed by atoms with Gasteiger partial charge in [-0.25, -0.2) is 0 Å². The fourth-order valence-corrected chi connectivity index (χ4v) is 1.75. The molecule has 1 unspecified atom stereocenters. The number of rotatable bonds is 7. The Labute approximate surface area is 106 Å². The lowest BCUT2D eigenvalue weighted by atomic mass is 10.1. The second-order valence-corrected chi connectivity index (χ2v) is 4.36. The Morgan fingerprint density at radius 1 is 1.00 bits per heavy atom. The first kappa shape index (κ1) is 15.5. The summed E-state index contributed by atoms with van der Waals surface area (Å²) in [4.78, 5) is 1.65. The van der Waals surface area contributed by atoms with Crippen LogP contribution in [0.25, 0.3) is 0 Å². The van der Waals surface area contributed by atoms with Crippen molar-refractivity contribution in [3.63, 3.8) is 0 Å². The highest BCUT2D eigenvalue weighted by molar-refractivity contribution is 5.14. The van der Waals surface area contributed by atoms with Crippen molar-refractivity contribution in [1.29, 1.82) is 0 Å². The van der Waals surface area contributed by atoms with E-state index in [-0.39, 0.29) is 12.4 Å². The molecule has 0 heterocycles. The molecule has 0 bridgehead atoms. The molecule has 16 heavy (non-hydrogen) atoms. The number of quaternary nitrogens is 1. The number of hydrogen-bond donors (Lipinski definition) is 1. The highest BCUT2D eigenvalue weighted by Gasteiger charge is 1.97. The lowest BCUT2D eigenvalue weighted by Gasteiger charge is -2.10. The van der Waals surface area contributed by atoms with Crippen LogP contribution in [-0.4, -0.2) is 20.1 Å². The minimum absolute atomic E-state index is 0. The topological polar surface area (TPSA) is 4.44 Å². The van der Waals surface area contributed by atoms with E-state index in [1.807, 2.05) is 0 Å². The van der Waals surface area contributed by atoms with Gasteiger partial charge < -0.3 is 17.3 Å². The molecule has 1 N–H and O–H groups in total. The summed E-state index contributed by atoms with van der Waals surface area (Å²) in [5, 5.41) is 0. The highest BCUT2D eigenvalue weighted by atomic mass is 35.5. The lowest BCUT2D eigenvalue weighted by Crippen LogP contribution is -3.08. The fraction of sp³-hybridized carbons (Fsp3) is 0.571. The van der Waals surface area contributed by atoms with Gasteiger partial charge in [0, 0.05) is 0 Å². The van der Waals surface area contributed by atoms with Crippen molar-refractivity contribution < 1.29 is 17.3 Å². The van der Waals surface area contributed by atoms with Gasteiger partial charge in [0.15, 0.2) is 0 Å². The van der Waals surface area contributed by atoms with E-state index in [1.54, 1.807) is 4.90 Å². The number of aryl methyl sites for hydroxylation is 1. The van der Waals surface area contributed by atoms with Gasteiger partial charge in [-0.1, -0.05) is 30.3 Å². The smallest absolute Gasteiger partial charge is 0.0768 e. The zero-order chi connectivity index (χ0) is 10.9. The molecule has 0 aliphatic carbocycles. The molecule has 92 valence electrons. The Morgan fingerprint density at radius 2 is 1.69 bits per heavy atom. The van der Waals surface area contributed by atoms with Crippen LogP contribution < -0.4 is 17.3 Å². The minimum Gasteiger partial charge on any atom is -1.00 e. The molecule has 0 aromatic heterocycles. The Bertz CT molecular complexity index is 248. The van der Waals surface area contributed by atoms with E-state index in [4.69, 9.17) is 0 Å². The Kier molecular flexibility index (Phi) is 9.36. The third kappa shape index (κ3) is 6.86. The largest absolute Gasteiger partial charge is 1.00 e. The van der Waals surface area contributed by atoms with E-state index >= 15 is 0 Å². The first-order valence-electron chi connectivity index (χ1n) is 6.18. The average molecular weight is 242 g/mol. The summed E-state index contributed by atoms with van der Waals surface area (Å²) in [6.07, 6.45) is 5.31. The number of hydrogen-bond acceptors (Lipinski definition) is 0. The zero-order valence-electron chi connectivity index (χ0n) is 10.5. The normalized spacial score (nSPS) is 11.9. The molecule has 1 nitrogen and oxygen atoms in total. The summed E-state index contributed by atoms with van der Waals surface area (Å²) in [5.74, 6) is 0. The Balaban J connectivity index is 0.00000225. The minimum atomic E-state index is 0. The molecule has 1 aromatic rings. The molecule has 1 aromatic carbocycles. The average Bonchev–Trinajstić information content (AvgIpc) is 2.29. The van der Waals surface area contributed by atoms with E-state index in [1.165, 1.54) is 44.3 Å². The van der Waals surface area contributed by atoms with E-state index in [0.717, 1.165) is 0 Å². The first-order valence-corrected chi connectivity index (χ1v) is 6.18. The van der Waals surface area contributed by atoms with E-state index < -0.39 is 0 Å². The van der Waals surface area contributed by atoms with Crippen LogP contribution in [-0.2, 0) is 6.42 Å². The van der Waals surface area contributed by atoms with Crippen LogP contribution >= 0.6 is 0 Å². The molecule has 0 amide bonds. The van der Waals surface area contributed by atoms with Gasteiger partial charge in [0.25, 0.3) is 0 Å². The summed E-state index contributed by atoms with van der Waals surface area (Å²) < 4.78 is 0. The van der Waals surface area contributed by atoms with Crippen molar-refractivity contribution in [3.05, 3.63) is 35.9 Å². The fourth-order valence-electron chi connectivity index (χ4n) is 1.75. The molecule has 0 fully saturated rings. The maximum atomic E-state index is 2.27. The number of nitrogens with one attached hydrogen (secondary N) is 1. The number of halogens is 1. The van der Waals surface area contributed by atoms with Crippen LogP contribution in [0.15, 0.2) is 30.3 Å². The van der Waals surface area contributed by atoms with Gasteiger partial charge in [-0.05, 0) is 38.2 Å². The predicted octanol–water partition coefficient (Wildman–Crippen LogP) is -1.06. The predicted molar refractivity (Wildman–Crippen MR) is 66.3 cm³/mol. The number of benzene rings is 1. The van der Waals surface area contributed by atoms with Gasteiger partial charge in [0.1, 0.15) is 0 Å². The molecule has 0 saturated heterocycles. The van der Waals surface area contributed by atoms with Crippen LogP contribution in [0.4, 0.5) is 0 Å². The quantitative estimate of drug-likeness (QED) is 0.581. The molecular weight excluding hydrogens is 218 g/mol. The Morgan fingerprint density at radius 3 is 2.31 bits per heavy atom. The van der Waals surface area contributed by atoms with E-state index in [0.29, 0.717) is 0 Å². The first-order chi connectivity index (χ1) is 7.33. The SMILES string of the molecule is CC[NH+](C)CCCCCc1ccccc1.[Cl-]. The van der Waals surface area contributed by atoms with Gasteiger partial charge in [-0.2, -0.15) is 0 Å². The highest BCUT2D eigenvalue weighted by Crippen LogP contribution is 2.05. The summed E-state index contributed by atoms with van der Waals surface area (Å²) in [5.41, 5.74) is 1.48. The second-order valence-electron chi connectivity index (χ2n) is 4.36. The van der Waals surface area contributed by atoms with Crippen molar-refractivity contribution in [2.75, 3.05) is 20.1 Å². The Hall–Kier alpha value is -0.530. The lowest BCUT2D eigenvalue weighted by molar-refractivity contribution is -0.877. The maximum absolute atomic E-state index is 2.27. The van der Waals surface area contributed by atoms with Gasteiger partial charge in [-0.15, -0.1) is 0 Å². The molecule has 0 aliphatic heterocycles. The summed E-state index contributed by atoms with van der Waals surface area (Å²) in [6.45, 7) is 4.82. The molecule has 1 rings (SSSR count). The summed E-state index contributed by atoms with van der Waals surface area (Å²) >= 11 is 0.